The first-order valence-electron chi connectivity index (χ1n) is 7.55. The first kappa shape index (κ1) is 14.3. The maximum Gasteiger partial charge on any atom is 0.306 e. The van der Waals surface area contributed by atoms with Gasteiger partial charge in [-0.1, -0.05) is 12.1 Å². The Balaban J connectivity index is 1.80. The van der Waals surface area contributed by atoms with Crippen LogP contribution in [0.2, 0.25) is 0 Å². The fraction of sp³-hybridized carbons (Fsp3) is 0.562. The van der Waals surface area contributed by atoms with E-state index in [0.717, 1.165) is 31.5 Å². The number of halogens is 1. The Morgan fingerprint density at radius 3 is 2.76 bits per heavy atom. The van der Waals surface area contributed by atoms with Crippen LogP contribution in [0.1, 0.15) is 37.3 Å². The van der Waals surface area contributed by atoms with E-state index in [2.05, 4.69) is 4.90 Å². The zero-order valence-electron chi connectivity index (χ0n) is 11.9. The number of hydrogen-bond acceptors (Lipinski definition) is 3. The summed E-state index contributed by atoms with van der Waals surface area (Å²) < 4.78 is 19.5. The molecular formula is C16H20FNO3. The molecule has 3 rings (SSSR count). The van der Waals surface area contributed by atoms with E-state index < -0.39 is 5.97 Å². The van der Waals surface area contributed by atoms with Crippen LogP contribution in [0.4, 0.5) is 4.39 Å². The molecule has 1 aromatic carbocycles. The molecule has 0 aromatic heterocycles. The average molecular weight is 293 g/mol. The summed E-state index contributed by atoms with van der Waals surface area (Å²) in [7, 11) is 0. The second kappa shape index (κ2) is 6.02. The van der Waals surface area contributed by atoms with Crippen molar-refractivity contribution in [3.8, 4) is 5.75 Å². The molecule has 0 amide bonds. The Kier molecular flexibility index (Phi) is 4.10. The second-order valence-corrected chi connectivity index (χ2v) is 5.81. The number of aliphatic carboxylic acids is 1. The van der Waals surface area contributed by atoms with Gasteiger partial charge in [0, 0.05) is 11.6 Å². The summed E-state index contributed by atoms with van der Waals surface area (Å²) in [4.78, 5) is 13.3. The number of carbonyl (C=O) groups is 1. The molecule has 2 aliphatic rings. The fourth-order valence-electron chi connectivity index (χ4n) is 3.38. The molecule has 21 heavy (non-hydrogen) atoms. The monoisotopic (exact) mass is 293 g/mol. The Morgan fingerprint density at radius 2 is 2.05 bits per heavy atom. The number of ether oxygens (including phenoxy) is 1. The summed E-state index contributed by atoms with van der Waals surface area (Å²) in [6.45, 7) is 2.03. The minimum absolute atomic E-state index is 0.132. The van der Waals surface area contributed by atoms with E-state index in [0.29, 0.717) is 25.2 Å². The molecule has 1 N–H and O–H groups in total. The predicted molar refractivity (Wildman–Crippen MR) is 75.8 cm³/mol. The van der Waals surface area contributed by atoms with Gasteiger partial charge in [0.1, 0.15) is 0 Å². The number of nitrogens with zero attached hydrogens (tertiary/aromatic N) is 1. The van der Waals surface area contributed by atoms with Gasteiger partial charge in [-0.15, -0.1) is 0 Å². The van der Waals surface area contributed by atoms with E-state index in [9.17, 15) is 9.18 Å². The molecule has 114 valence electrons. The number of fused-ring (bicyclic) bond motifs is 1. The summed E-state index contributed by atoms with van der Waals surface area (Å²) >= 11 is 0. The van der Waals surface area contributed by atoms with Crippen LogP contribution in [0.5, 0.6) is 5.75 Å². The van der Waals surface area contributed by atoms with Crippen molar-refractivity contribution < 1.29 is 19.0 Å². The summed E-state index contributed by atoms with van der Waals surface area (Å²) in [6, 6.07) is 5.21. The molecule has 2 aliphatic heterocycles. The molecular weight excluding hydrogens is 273 g/mol. The quantitative estimate of drug-likeness (QED) is 0.911. The SMILES string of the molecule is O=C(O)C1CCN(C2CCCOc3c(F)cccc32)CC1. The standard InChI is InChI=1S/C16H20FNO3/c17-13-4-1-3-12-14(5-2-10-21-15(12)13)18-8-6-11(7-9-18)16(19)20/h1,3-4,11,14H,2,5-10H2,(H,19,20). The van der Waals surface area contributed by atoms with E-state index in [1.165, 1.54) is 6.07 Å². The maximum absolute atomic E-state index is 13.9. The van der Waals surface area contributed by atoms with Crippen LogP contribution in [0.3, 0.4) is 0 Å². The van der Waals surface area contributed by atoms with Gasteiger partial charge < -0.3 is 9.84 Å². The number of benzene rings is 1. The van der Waals surface area contributed by atoms with Gasteiger partial charge in [-0.05, 0) is 44.8 Å². The van der Waals surface area contributed by atoms with E-state index in [4.69, 9.17) is 9.84 Å². The smallest absolute Gasteiger partial charge is 0.306 e. The summed E-state index contributed by atoms with van der Waals surface area (Å²) in [5, 5.41) is 9.09. The highest BCUT2D eigenvalue weighted by Crippen LogP contribution is 2.38. The summed E-state index contributed by atoms with van der Waals surface area (Å²) in [5.74, 6) is -0.874. The zero-order valence-corrected chi connectivity index (χ0v) is 11.9. The Labute approximate surface area is 123 Å². The first-order chi connectivity index (χ1) is 10.2. The highest BCUT2D eigenvalue weighted by Gasteiger charge is 2.32. The lowest BCUT2D eigenvalue weighted by molar-refractivity contribution is -0.143. The van der Waals surface area contributed by atoms with E-state index in [-0.39, 0.29) is 17.8 Å². The Morgan fingerprint density at radius 1 is 1.29 bits per heavy atom. The van der Waals surface area contributed by atoms with Crippen LogP contribution < -0.4 is 4.74 Å². The highest BCUT2D eigenvalue weighted by molar-refractivity contribution is 5.70. The van der Waals surface area contributed by atoms with Crippen molar-refractivity contribution in [1.29, 1.82) is 0 Å². The highest BCUT2D eigenvalue weighted by atomic mass is 19.1. The molecule has 0 aliphatic carbocycles. The van der Waals surface area contributed by atoms with E-state index in [1.807, 2.05) is 6.07 Å². The molecule has 0 bridgehead atoms. The minimum Gasteiger partial charge on any atom is -0.490 e. The van der Waals surface area contributed by atoms with Crippen LogP contribution in [-0.2, 0) is 4.79 Å². The molecule has 0 spiro atoms. The maximum atomic E-state index is 13.9. The van der Waals surface area contributed by atoms with E-state index in [1.54, 1.807) is 6.07 Å². The molecule has 5 heteroatoms. The molecule has 1 fully saturated rings. The topological polar surface area (TPSA) is 49.8 Å². The average Bonchev–Trinajstić information content (AvgIpc) is 2.71. The zero-order chi connectivity index (χ0) is 14.8. The van der Waals surface area contributed by atoms with Crippen molar-refractivity contribution in [2.45, 2.75) is 31.7 Å². The third-order valence-corrected chi connectivity index (χ3v) is 4.54. The number of rotatable bonds is 2. The first-order valence-corrected chi connectivity index (χ1v) is 7.55. The third kappa shape index (κ3) is 2.88. The summed E-state index contributed by atoms with van der Waals surface area (Å²) in [6.07, 6.45) is 3.14. The van der Waals surface area contributed by atoms with Crippen molar-refractivity contribution in [3.05, 3.63) is 29.6 Å². The number of hydrogen-bond donors (Lipinski definition) is 1. The van der Waals surface area contributed by atoms with Gasteiger partial charge in [-0.25, -0.2) is 4.39 Å². The van der Waals surface area contributed by atoms with Crippen molar-refractivity contribution in [1.82, 2.24) is 4.90 Å². The molecule has 1 unspecified atom stereocenters. The van der Waals surface area contributed by atoms with Gasteiger partial charge in [0.05, 0.1) is 12.5 Å². The molecule has 1 atom stereocenters. The van der Waals surface area contributed by atoms with Gasteiger partial charge in [-0.2, -0.15) is 0 Å². The van der Waals surface area contributed by atoms with Crippen LogP contribution in [0, 0.1) is 11.7 Å². The molecule has 0 saturated carbocycles. The van der Waals surface area contributed by atoms with Gasteiger partial charge >= 0.3 is 5.97 Å². The van der Waals surface area contributed by atoms with Crippen LogP contribution in [0.15, 0.2) is 18.2 Å². The Bertz CT molecular complexity index is 526. The molecule has 1 aromatic rings. The van der Waals surface area contributed by atoms with Crippen molar-refractivity contribution >= 4 is 5.97 Å². The van der Waals surface area contributed by atoms with Crippen molar-refractivity contribution in [3.63, 3.8) is 0 Å². The van der Waals surface area contributed by atoms with Gasteiger partial charge in [0.2, 0.25) is 0 Å². The number of carboxylic acids is 1. The normalized spacial score (nSPS) is 24.0. The number of piperidine rings is 1. The molecule has 2 heterocycles. The largest absolute Gasteiger partial charge is 0.490 e. The van der Waals surface area contributed by atoms with Crippen molar-refractivity contribution in [2.24, 2.45) is 5.92 Å². The van der Waals surface area contributed by atoms with Gasteiger partial charge in [0.25, 0.3) is 0 Å². The van der Waals surface area contributed by atoms with Crippen LogP contribution >= 0.6 is 0 Å². The number of likely N-dealkylation sites (tertiary alicyclic amines) is 1. The minimum atomic E-state index is -0.703. The van der Waals surface area contributed by atoms with Gasteiger partial charge in [-0.3, -0.25) is 9.69 Å². The van der Waals surface area contributed by atoms with E-state index >= 15 is 0 Å². The second-order valence-electron chi connectivity index (χ2n) is 5.81. The Hall–Kier alpha value is -1.62. The lowest BCUT2D eigenvalue weighted by Gasteiger charge is -2.36. The fourth-order valence-corrected chi connectivity index (χ4v) is 3.38. The van der Waals surface area contributed by atoms with Gasteiger partial charge in [0.15, 0.2) is 11.6 Å². The van der Waals surface area contributed by atoms with Crippen LogP contribution in [0.25, 0.3) is 0 Å². The summed E-state index contributed by atoms with van der Waals surface area (Å²) in [5.41, 5.74) is 0.904. The lowest BCUT2D eigenvalue weighted by Crippen LogP contribution is -2.38. The lowest BCUT2D eigenvalue weighted by atomic mass is 9.92. The predicted octanol–water partition coefficient (Wildman–Crippen LogP) is 2.84. The molecule has 0 radical (unpaired) electrons. The molecule has 4 nitrogen and oxygen atoms in total. The number of carboxylic acid groups (broad SMARTS) is 1. The number of para-hydroxylation sites is 1. The third-order valence-electron chi connectivity index (χ3n) is 4.54. The van der Waals surface area contributed by atoms with Crippen molar-refractivity contribution in [2.75, 3.05) is 19.7 Å². The molecule has 1 saturated heterocycles. The van der Waals surface area contributed by atoms with Crippen LogP contribution in [-0.4, -0.2) is 35.7 Å².